The predicted molar refractivity (Wildman–Crippen MR) is 183 cm³/mol. The number of allylic oxidation sites excluding steroid dienone is 3. The Labute approximate surface area is 251 Å². The summed E-state index contributed by atoms with van der Waals surface area (Å²) in [5, 5.41) is 7.73. The number of pyridine rings is 1. The summed E-state index contributed by atoms with van der Waals surface area (Å²) in [6.45, 7) is 0. The van der Waals surface area contributed by atoms with E-state index in [-0.39, 0.29) is 0 Å². The number of benzene rings is 6. The highest BCUT2D eigenvalue weighted by molar-refractivity contribution is 6.25. The molecule has 7 aromatic rings. The van der Waals surface area contributed by atoms with E-state index in [1.807, 2.05) is 24.8 Å². The maximum atomic E-state index is 4.34. The second kappa shape index (κ2) is 10.7. The highest BCUT2D eigenvalue weighted by atomic mass is 14.7. The molecule has 1 aliphatic heterocycles. The molecule has 0 unspecified atom stereocenters. The summed E-state index contributed by atoms with van der Waals surface area (Å²) in [6.07, 6.45) is 12.6. The molecule has 0 radical (unpaired) electrons. The van der Waals surface area contributed by atoms with Gasteiger partial charge in [-0.2, -0.15) is 0 Å². The fourth-order valence-electron chi connectivity index (χ4n) is 6.45. The van der Waals surface area contributed by atoms with Crippen LogP contribution in [0.15, 0.2) is 157 Å². The van der Waals surface area contributed by atoms with Crippen LogP contribution in [0.3, 0.4) is 0 Å². The molecule has 0 atom stereocenters. The van der Waals surface area contributed by atoms with Gasteiger partial charge in [0.15, 0.2) is 0 Å². The minimum atomic E-state index is 0.840. The third-order valence-electron chi connectivity index (χ3n) is 8.50. The zero-order valence-corrected chi connectivity index (χ0v) is 23.6. The van der Waals surface area contributed by atoms with Crippen molar-refractivity contribution in [3.8, 4) is 33.4 Å². The first-order valence-corrected chi connectivity index (χ1v) is 14.7. The lowest BCUT2D eigenvalue weighted by molar-refractivity contribution is 1.33. The SMILES string of the molecule is C1=CN=CC=C(c2cc(-c3ccncc3)cc(-c3ccccc3-c3ccc4c5ccccc5c5ccccc5c4c3)c2)C1. The zero-order chi connectivity index (χ0) is 28.6. The van der Waals surface area contributed by atoms with Crippen LogP contribution in [0.2, 0.25) is 0 Å². The second-order valence-corrected chi connectivity index (χ2v) is 11.0. The molecular weight excluding hydrogens is 520 g/mol. The van der Waals surface area contributed by atoms with Crippen molar-refractivity contribution in [2.45, 2.75) is 6.42 Å². The van der Waals surface area contributed by atoms with Crippen molar-refractivity contribution < 1.29 is 0 Å². The van der Waals surface area contributed by atoms with Crippen molar-refractivity contribution in [1.82, 2.24) is 4.98 Å². The quantitative estimate of drug-likeness (QED) is 0.201. The van der Waals surface area contributed by atoms with Gasteiger partial charge in [-0.25, -0.2) is 0 Å². The first kappa shape index (κ1) is 25.1. The average Bonchev–Trinajstić information content (AvgIpc) is 3.38. The molecule has 0 saturated heterocycles. The summed E-state index contributed by atoms with van der Waals surface area (Å²) >= 11 is 0. The van der Waals surface area contributed by atoms with Gasteiger partial charge in [0.2, 0.25) is 0 Å². The first-order valence-electron chi connectivity index (χ1n) is 14.7. The zero-order valence-electron chi connectivity index (χ0n) is 23.6. The fourth-order valence-corrected chi connectivity index (χ4v) is 6.45. The minimum Gasteiger partial charge on any atom is -0.265 e. The molecule has 43 heavy (non-hydrogen) atoms. The van der Waals surface area contributed by atoms with Crippen molar-refractivity contribution in [3.05, 3.63) is 158 Å². The van der Waals surface area contributed by atoms with Crippen molar-refractivity contribution >= 4 is 44.1 Å². The van der Waals surface area contributed by atoms with Crippen molar-refractivity contribution in [1.29, 1.82) is 0 Å². The van der Waals surface area contributed by atoms with Crippen LogP contribution >= 0.6 is 0 Å². The van der Waals surface area contributed by atoms with Crippen LogP contribution in [0.25, 0.3) is 71.3 Å². The van der Waals surface area contributed by atoms with E-state index in [1.54, 1.807) is 0 Å². The minimum absolute atomic E-state index is 0.840. The van der Waals surface area contributed by atoms with Crippen molar-refractivity contribution in [3.63, 3.8) is 0 Å². The van der Waals surface area contributed by atoms with Crippen LogP contribution in [-0.4, -0.2) is 11.2 Å². The standard InChI is InChI=1S/C41H28N2/c1-2-10-35(33-25-31(28-8-7-20-42-21-17-28)24-32(26-33)29-18-22-43-23-19-29)34(9-1)30-15-16-40-38-13-4-3-11-36(38)37-12-5-6-14-39(37)41(40)27-30/h1-7,9-27H,8H2. The highest BCUT2D eigenvalue weighted by Gasteiger charge is 2.14. The Hall–Kier alpha value is -5.60. The Morgan fingerprint density at radius 1 is 0.442 bits per heavy atom. The maximum Gasteiger partial charge on any atom is 0.0273 e. The van der Waals surface area contributed by atoms with Crippen LogP contribution in [0.4, 0.5) is 0 Å². The summed E-state index contributed by atoms with van der Waals surface area (Å²) in [7, 11) is 0. The van der Waals surface area contributed by atoms with E-state index in [0.29, 0.717) is 0 Å². The van der Waals surface area contributed by atoms with Gasteiger partial charge in [0.25, 0.3) is 0 Å². The third-order valence-corrected chi connectivity index (χ3v) is 8.50. The number of hydrogen-bond donors (Lipinski definition) is 0. The van der Waals surface area contributed by atoms with E-state index in [2.05, 4.69) is 143 Å². The summed E-state index contributed by atoms with van der Waals surface area (Å²) in [4.78, 5) is 8.59. The Balaban J connectivity index is 1.35. The molecule has 2 heteroatoms. The fraction of sp³-hybridized carbons (Fsp3) is 0.0244. The summed E-state index contributed by atoms with van der Waals surface area (Å²) in [5.74, 6) is 0. The Kier molecular flexibility index (Phi) is 6.23. The largest absolute Gasteiger partial charge is 0.265 e. The number of aliphatic imine (C=N–C) groups is 1. The molecule has 0 amide bonds. The van der Waals surface area contributed by atoms with Gasteiger partial charge in [-0.3, -0.25) is 9.98 Å². The topological polar surface area (TPSA) is 25.2 Å². The van der Waals surface area contributed by atoms with E-state index in [9.17, 15) is 0 Å². The molecule has 0 spiro atoms. The van der Waals surface area contributed by atoms with Crippen LogP contribution in [0.1, 0.15) is 12.0 Å². The Bertz CT molecular complexity index is 2220. The number of fused-ring (bicyclic) bond motifs is 6. The molecule has 6 aromatic carbocycles. The van der Waals surface area contributed by atoms with Gasteiger partial charge in [-0.1, -0.05) is 91.0 Å². The van der Waals surface area contributed by atoms with E-state index in [1.165, 1.54) is 71.3 Å². The smallest absolute Gasteiger partial charge is 0.0273 e. The van der Waals surface area contributed by atoms with Crippen LogP contribution in [0.5, 0.6) is 0 Å². The van der Waals surface area contributed by atoms with E-state index in [0.717, 1.165) is 12.0 Å². The van der Waals surface area contributed by atoms with Crippen molar-refractivity contribution in [2.75, 3.05) is 0 Å². The number of rotatable bonds is 4. The van der Waals surface area contributed by atoms with Gasteiger partial charge in [0, 0.05) is 24.8 Å². The van der Waals surface area contributed by atoms with Gasteiger partial charge in [0.1, 0.15) is 0 Å². The van der Waals surface area contributed by atoms with Crippen LogP contribution in [0, 0.1) is 0 Å². The third kappa shape index (κ3) is 4.54. The summed E-state index contributed by atoms with van der Waals surface area (Å²) < 4.78 is 0. The molecule has 0 bridgehead atoms. The Morgan fingerprint density at radius 2 is 1.02 bits per heavy atom. The van der Waals surface area contributed by atoms with E-state index >= 15 is 0 Å². The molecule has 2 nitrogen and oxygen atoms in total. The first-order chi connectivity index (χ1) is 21.3. The molecular formula is C41H28N2. The second-order valence-electron chi connectivity index (χ2n) is 11.0. The molecule has 202 valence electrons. The van der Waals surface area contributed by atoms with Gasteiger partial charge in [-0.15, -0.1) is 0 Å². The lowest BCUT2D eigenvalue weighted by Gasteiger charge is -2.16. The Morgan fingerprint density at radius 3 is 1.74 bits per heavy atom. The molecule has 1 aliphatic rings. The van der Waals surface area contributed by atoms with Gasteiger partial charge < -0.3 is 0 Å². The number of hydrogen-bond acceptors (Lipinski definition) is 2. The average molecular weight is 549 g/mol. The molecule has 0 fully saturated rings. The lowest BCUT2D eigenvalue weighted by atomic mass is 9.87. The van der Waals surface area contributed by atoms with Gasteiger partial charge in [0.05, 0.1) is 0 Å². The maximum absolute atomic E-state index is 4.34. The monoisotopic (exact) mass is 548 g/mol. The van der Waals surface area contributed by atoms with E-state index in [4.69, 9.17) is 0 Å². The normalized spacial score (nSPS) is 13.0. The molecule has 0 saturated carbocycles. The van der Waals surface area contributed by atoms with E-state index < -0.39 is 0 Å². The molecule has 8 rings (SSSR count). The highest BCUT2D eigenvalue weighted by Crippen LogP contribution is 2.40. The lowest BCUT2D eigenvalue weighted by Crippen LogP contribution is -1.92. The van der Waals surface area contributed by atoms with Gasteiger partial charge >= 0.3 is 0 Å². The predicted octanol–water partition coefficient (Wildman–Crippen LogP) is 10.9. The molecule has 0 N–H and O–H groups in total. The summed E-state index contributed by atoms with van der Waals surface area (Å²) in [6, 6.07) is 44.3. The molecule has 2 heterocycles. The van der Waals surface area contributed by atoms with Crippen molar-refractivity contribution in [2.24, 2.45) is 4.99 Å². The summed E-state index contributed by atoms with van der Waals surface area (Å²) in [5.41, 5.74) is 9.60. The van der Waals surface area contributed by atoms with Crippen LogP contribution in [-0.2, 0) is 0 Å². The number of nitrogens with zero attached hydrogens (tertiary/aromatic N) is 2. The molecule has 1 aromatic heterocycles. The van der Waals surface area contributed by atoms with Crippen LogP contribution < -0.4 is 0 Å². The number of aromatic nitrogens is 1. The molecule has 0 aliphatic carbocycles. The van der Waals surface area contributed by atoms with Gasteiger partial charge in [-0.05, 0) is 126 Å².